The third kappa shape index (κ3) is 4.45. The van der Waals surface area contributed by atoms with Crippen molar-refractivity contribution < 1.29 is 19.0 Å². The van der Waals surface area contributed by atoms with Gasteiger partial charge in [0.05, 0.1) is 11.8 Å². The minimum Gasteiger partial charge on any atom is -0.488 e. The van der Waals surface area contributed by atoms with Crippen molar-refractivity contribution in [3.05, 3.63) is 53.3 Å². The van der Waals surface area contributed by atoms with E-state index in [2.05, 4.69) is 10.6 Å². The van der Waals surface area contributed by atoms with Gasteiger partial charge in [-0.25, -0.2) is 9.18 Å². The number of halogens is 1. The van der Waals surface area contributed by atoms with Gasteiger partial charge < -0.3 is 15.2 Å². The molecule has 0 atom stereocenters. The Balaban J connectivity index is 1.76. The maximum atomic E-state index is 13.7. The third-order valence-corrected chi connectivity index (χ3v) is 4.68. The van der Waals surface area contributed by atoms with Gasteiger partial charge in [0.25, 0.3) is 0 Å². The van der Waals surface area contributed by atoms with E-state index >= 15 is 0 Å². The summed E-state index contributed by atoms with van der Waals surface area (Å²) in [5.41, 5.74) is 2.71. The molecule has 5 nitrogen and oxygen atoms in total. The van der Waals surface area contributed by atoms with Crippen molar-refractivity contribution in [2.45, 2.75) is 45.3 Å². The topological polar surface area (TPSA) is 70.6 Å². The minimum absolute atomic E-state index is 0.116. The van der Waals surface area contributed by atoms with Crippen LogP contribution in [-0.2, 0) is 6.54 Å². The summed E-state index contributed by atoms with van der Waals surface area (Å²) in [5.74, 6) is 0.288. The van der Waals surface area contributed by atoms with Gasteiger partial charge in [0.2, 0.25) is 0 Å². The Morgan fingerprint density at radius 1 is 1.27 bits per heavy atom. The molecule has 3 rings (SSSR count). The minimum atomic E-state index is -1.13. The highest BCUT2D eigenvalue weighted by atomic mass is 19.1. The highest BCUT2D eigenvalue weighted by Gasteiger charge is 2.19. The van der Waals surface area contributed by atoms with Crippen LogP contribution in [0.25, 0.3) is 0 Å². The molecular weight excluding hydrogens is 335 g/mol. The van der Waals surface area contributed by atoms with Gasteiger partial charge in [0, 0.05) is 18.3 Å². The molecule has 2 aromatic rings. The molecule has 1 aliphatic carbocycles. The fraction of sp³-hybridized carbons (Fsp3) is 0.350. The van der Waals surface area contributed by atoms with Crippen LogP contribution in [0.3, 0.4) is 0 Å². The Bertz CT molecular complexity index is 789. The summed E-state index contributed by atoms with van der Waals surface area (Å²) in [5, 5.41) is 14.6. The van der Waals surface area contributed by atoms with Crippen LogP contribution in [0.2, 0.25) is 0 Å². The molecule has 1 amide bonds. The molecule has 0 aliphatic heterocycles. The van der Waals surface area contributed by atoms with E-state index < -0.39 is 6.09 Å². The summed E-state index contributed by atoms with van der Waals surface area (Å²) in [6, 6.07) is 10.3. The van der Waals surface area contributed by atoms with Crippen LogP contribution in [0.15, 0.2) is 36.4 Å². The van der Waals surface area contributed by atoms with Crippen molar-refractivity contribution in [1.82, 2.24) is 0 Å². The lowest BCUT2D eigenvalue weighted by Crippen LogP contribution is -2.15. The van der Waals surface area contributed by atoms with Gasteiger partial charge in [-0.3, -0.25) is 5.32 Å². The van der Waals surface area contributed by atoms with Gasteiger partial charge >= 0.3 is 6.09 Å². The number of hydrogen-bond acceptors (Lipinski definition) is 3. The van der Waals surface area contributed by atoms with E-state index in [1.165, 1.54) is 6.07 Å². The van der Waals surface area contributed by atoms with Crippen LogP contribution in [0.4, 0.5) is 20.6 Å². The molecule has 1 fully saturated rings. The molecule has 0 saturated heterocycles. The fourth-order valence-corrected chi connectivity index (χ4v) is 3.17. The zero-order valence-corrected chi connectivity index (χ0v) is 14.7. The molecule has 0 heterocycles. The molecule has 3 N–H and O–H groups in total. The zero-order chi connectivity index (χ0) is 18.5. The van der Waals surface area contributed by atoms with E-state index in [-0.39, 0.29) is 11.9 Å². The van der Waals surface area contributed by atoms with Gasteiger partial charge in [-0.2, -0.15) is 0 Å². The van der Waals surface area contributed by atoms with Crippen LogP contribution < -0.4 is 15.4 Å². The maximum Gasteiger partial charge on any atom is 0.409 e. The van der Waals surface area contributed by atoms with Crippen molar-refractivity contribution in [1.29, 1.82) is 0 Å². The number of ether oxygens (including phenoxy) is 1. The van der Waals surface area contributed by atoms with Crippen LogP contribution in [0.1, 0.15) is 36.8 Å². The molecule has 0 unspecified atom stereocenters. The van der Waals surface area contributed by atoms with Crippen LogP contribution in [0.5, 0.6) is 5.75 Å². The highest BCUT2D eigenvalue weighted by Crippen LogP contribution is 2.32. The standard InChI is InChI=1S/C20H23FN2O3/c1-13-14(5-4-8-17(13)21)12-22-15-9-10-18(23-20(24)25)19(11-15)26-16-6-2-3-7-16/h4-5,8-11,16,22-23H,2-3,6-7,12H2,1H3,(H,24,25). The van der Waals surface area contributed by atoms with Gasteiger partial charge in [-0.05, 0) is 61.9 Å². The predicted molar refractivity (Wildman–Crippen MR) is 99.4 cm³/mol. The molecule has 138 valence electrons. The number of benzene rings is 2. The Morgan fingerprint density at radius 2 is 2.04 bits per heavy atom. The van der Waals surface area contributed by atoms with E-state index in [1.807, 2.05) is 6.07 Å². The van der Waals surface area contributed by atoms with E-state index in [0.29, 0.717) is 23.5 Å². The van der Waals surface area contributed by atoms with E-state index in [1.54, 1.807) is 31.2 Å². The second-order valence-electron chi connectivity index (χ2n) is 6.54. The summed E-state index contributed by atoms with van der Waals surface area (Å²) >= 11 is 0. The predicted octanol–water partition coefficient (Wildman–Crippen LogP) is 5.16. The molecule has 1 saturated carbocycles. The summed E-state index contributed by atoms with van der Waals surface area (Å²) in [7, 11) is 0. The molecule has 6 heteroatoms. The lowest BCUT2D eigenvalue weighted by Gasteiger charge is -2.18. The molecule has 0 radical (unpaired) electrons. The smallest absolute Gasteiger partial charge is 0.409 e. The molecule has 0 bridgehead atoms. The van der Waals surface area contributed by atoms with Crippen molar-refractivity contribution in [2.24, 2.45) is 0 Å². The Hall–Kier alpha value is -2.76. The highest BCUT2D eigenvalue weighted by molar-refractivity contribution is 5.85. The first kappa shape index (κ1) is 18.0. The number of carbonyl (C=O) groups is 1. The van der Waals surface area contributed by atoms with Gasteiger partial charge in [0.15, 0.2) is 0 Å². The monoisotopic (exact) mass is 358 g/mol. The lowest BCUT2D eigenvalue weighted by atomic mass is 10.1. The van der Waals surface area contributed by atoms with Crippen molar-refractivity contribution in [2.75, 3.05) is 10.6 Å². The molecule has 1 aliphatic rings. The average molecular weight is 358 g/mol. The Labute approximate surface area is 152 Å². The van der Waals surface area contributed by atoms with E-state index in [4.69, 9.17) is 9.84 Å². The molecular formula is C20H23FN2O3. The number of carboxylic acid groups (broad SMARTS) is 1. The van der Waals surface area contributed by atoms with Gasteiger partial charge in [-0.1, -0.05) is 12.1 Å². The SMILES string of the molecule is Cc1c(F)cccc1CNc1ccc(NC(=O)O)c(OC2CCCC2)c1. The number of rotatable bonds is 6. The largest absolute Gasteiger partial charge is 0.488 e. The van der Waals surface area contributed by atoms with Crippen LogP contribution >= 0.6 is 0 Å². The second kappa shape index (κ2) is 8.08. The summed E-state index contributed by atoms with van der Waals surface area (Å²) in [4.78, 5) is 11.0. The summed E-state index contributed by atoms with van der Waals surface area (Å²) in [6.07, 6.45) is 3.20. The van der Waals surface area contributed by atoms with Crippen LogP contribution in [-0.4, -0.2) is 17.3 Å². The van der Waals surface area contributed by atoms with Gasteiger partial charge in [-0.15, -0.1) is 0 Å². The molecule has 0 aromatic heterocycles. The molecule has 26 heavy (non-hydrogen) atoms. The molecule has 2 aromatic carbocycles. The second-order valence-corrected chi connectivity index (χ2v) is 6.54. The number of nitrogens with one attached hydrogen (secondary N) is 2. The quantitative estimate of drug-likeness (QED) is 0.667. The summed E-state index contributed by atoms with van der Waals surface area (Å²) in [6.45, 7) is 2.22. The van der Waals surface area contributed by atoms with Crippen LogP contribution in [0, 0.1) is 12.7 Å². The average Bonchev–Trinajstić information content (AvgIpc) is 3.11. The third-order valence-electron chi connectivity index (χ3n) is 4.68. The number of anilines is 2. The Kier molecular flexibility index (Phi) is 5.61. The first-order valence-corrected chi connectivity index (χ1v) is 8.81. The lowest BCUT2D eigenvalue weighted by molar-refractivity contribution is 0.205. The van der Waals surface area contributed by atoms with Gasteiger partial charge in [0.1, 0.15) is 11.6 Å². The Morgan fingerprint density at radius 3 is 2.77 bits per heavy atom. The first-order chi connectivity index (χ1) is 12.5. The van der Waals surface area contributed by atoms with E-state index in [9.17, 15) is 9.18 Å². The van der Waals surface area contributed by atoms with Crippen molar-refractivity contribution in [3.63, 3.8) is 0 Å². The fourth-order valence-electron chi connectivity index (χ4n) is 3.17. The number of hydrogen-bond donors (Lipinski definition) is 3. The summed E-state index contributed by atoms with van der Waals surface area (Å²) < 4.78 is 19.7. The maximum absolute atomic E-state index is 13.7. The van der Waals surface area contributed by atoms with Crippen molar-refractivity contribution >= 4 is 17.5 Å². The van der Waals surface area contributed by atoms with Crippen molar-refractivity contribution in [3.8, 4) is 5.75 Å². The number of amides is 1. The normalized spacial score (nSPS) is 14.2. The van der Waals surface area contributed by atoms with E-state index in [0.717, 1.165) is 36.9 Å². The zero-order valence-electron chi connectivity index (χ0n) is 14.7. The first-order valence-electron chi connectivity index (χ1n) is 8.81. The molecule has 0 spiro atoms.